The topological polar surface area (TPSA) is 67.4 Å². The van der Waals surface area contributed by atoms with Gasteiger partial charge in [-0.3, -0.25) is 4.79 Å². The van der Waals surface area contributed by atoms with Crippen LogP contribution in [-0.2, 0) is 16.1 Å². The number of halogens is 1. The highest BCUT2D eigenvalue weighted by Gasteiger charge is 2.25. The highest BCUT2D eigenvalue weighted by atomic mass is 19.1. The van der Waals surface area contributed by atoms with Crippen molar-refractivity contribution in [1.82, 2.24) is 5.32 Å². The number of rotatable bonds is 6. The Morgan fingerprint density at radius 2 is 1.80 bits per heavy atom. The number of ether oxygens (including phenoxy) is 1. The van der Waals surface area contributed by atoms with Gasteiger partial charge in [0.15, 0.2) is 0 Å². The first-order valence-electron chi connectivity index (χ1n) is 7.99. The molecule has 0 spiro atoms. The molecule has 132 valence electrons. The molecule has 0 aliphatic carbocycles. The maximum Gasteiger partial charge on any atom is 0.408 e. The second kappa shape index (κ2) is 8.82. The zero-order valence-corrected chi connectivity index (χ0v) is 14.2. The molecule has 2 amide bonds. The number of amides is 2. The van der Waals surface area contributed by atoms with Gasteiger partial charge in [-0.2, -0.15) is 0 Å². The van der Waals surface area contributed by atoms with Gasteiger partial charge >= 0.3 is 6.09 Å². The average Bonchev–Trinajstić information content (AvgIpc) is 2.58. The van der Waals surface area contributed by atoms with Crippen LogP contribution < -0.4 is 10.6 Å². The molecular formula is C19H21FN2O3. The maximum atomic E-state index is 13.2. The second-order valence-corrected chi connectivity index (χ2v) is 5.93. The largest absolute Gasteiger partial charge is 0.445 e. The average molecular weight is 344 g/mol. The lowest BCUT2D eigenvalue weighted by atomic mass is 10.0. The van der Waals surface area contributed by atoms with Crippen molar-refractivity contribution in [1.29, 1.82) is 0 Å². The summed E-state index contributed by atoms with van der Waals surface area (Å²) in [5.41, 5.74) is 1.18. The summed E-state index contributed by atoms with van der Waals surface area (Å²) >= 11 is 0. The van der Waals surface area contributed by atoms with Crippen LogP contribution in [0.1, 0.15) is 19.4 Å². The number of hydrogen-bond acceptors (Lipinski definition) is 3. The molecular weight excluding hydrogens is 323 g/mol. The summed E-state index contributed by atoms with van der Waals surface area (Å²) in [6.45, 7) is 3.71. The highest BCUT2D eigenvalue weighted by molar-refractivity contribution is 5.96. The summed E-state index contributed by atoms with van der Waals surface area (Å²) in [6, 6.07) is 14.0. The molecule has 0 saturated heterocycles. The first kappa shape index (κ1) is 18.4. The van der Waals surface area contributed by atoms with E-state index in [1.54, 1.807) is 19.9 Å². The number of hydrogen-bond donors (Lipinski definition) is 2. The van der Waals surface area contributed by atoms with Crippen molar-refractivity contribution in [3.63, 3.8) is 0 Å². The van der Waals surface area contributed by atoms with Gasteiger partial charge in [-0.25, -0.2) is 9.18 Å². The van der Waals surface area contributed by atoms with E-state index in [0.29, 0.717) is 5.69 Å². The summed E-state index contributed by atoms with van der Waals surface area (Å²) in [5.74, 6) is -1.05. The van der Waals surface area contributed by atoms with Gasteiger partial charge in [0.05, 0.1) is 0 Å². The predicted molar refractivity (Wildman–Crippen MR) is 93.4 cm³/mol. The first-order chi connectivity index (χ1) is 12.0. The molecule has 0 aromatic heterocycles. The molecule has 5 nitrogen and oxygen atoms in total. The molecule has 1 atom stereocenters. The van der Waals surface area contributed by atoms with E-state index in [9.17, 15) is 14.0 Å². The van der Waals surface area contributed by atoms with E-state index in [2.05, 4.69) is 10.6 Å². The smallest absolute Gasteiger partial charge is 0.408 e. The van der Waals surface area contributed by atoms with Gasteiger partial charge in [-0.05, 0) is 29.7 Å². The second-order valence-electron chi connectivity index (χ2n) is 5.93. The van der Waals surface area contributed by atoms with Crippen LogP contribution in [-0.4, -0.2) is 18.0 Å². The van der Waals surface area contributed by atoms with Crippen LogP contribution in [0.2, 0.25) is 0 Å². The fraction of sp³-hybridized carbons (Fsp3) is 0.263. The standard InChI is InChI=1S/C19H21FN2O3/c1-13(2)17(18(23)21-16-10-6-9-15(20)11-16)22-19(24)25-12-14-7-4-3-5-8-14/h3-11,13,17H,12H2,1-2H3,(H,21,23)(H,22,24)/t17-/m0/s1. The Balaban J connectivity index is 1.92. The normalized spacial score (nSPS) is 11.7. The van der Waals surface area contributed by atoms with Gasteiger partial charge in [-0.1, -0.05) is 50.2 Å². The third kappa shape index (κ3) is 5.91. The number of benzene rings is 2. The van der Waals surface area contributed by atoms with E-state index in [0.717, 1.165) is 5.56 Å². The third-order valence-corrected chi connectivity index (χ3v) is 3.53. The monoisotopic (exact) mass is 344 g/mol. The van der Waals surface area contributed by atoms with Gasteiger partial charge < -0.3 is 15.4 Å². The highest BCUT2D eigenvalue weighted by Crippen LogP contribution is 2.12. The molecule has 0 radical (unpaired) electrons. The summed E-state index contributed by atoms with van der Waals surface area (Å²) in [5, 5.41) is 5.15. The zero-order valence-electron chi connectivity index (χ0n) is 14.2. The van der Waals surface area contributed by atoms with Gasteiger partial charge in [0.25, 0.3) is 0 Å². The molecule has 0 heterocycles. The van der Waals surface area contributed by atoms with Crippen molar-refractivity contribution >= 4 is 17.7 Å². The minimum absolute atomic E-state index is 0.114. The van der Waals surface area contributed by atoms with Crippen LogP contribution in [0.15, 0.2) is 54.6 Å². The number of alkyl carbamates (subject to hydrolysis) is 1. The molecule has 2 N–H and O–H groups in total. The van der Waals surface area contributed by atoms with Crippen LogP contribution in [0.3, 0.4) is 0 Å². The van der Waals surface area contributed by atoms with E-state index >= 15 is 0 Å². The molecule has 2 rings (SSSR count). The Labute approximate surface area is 146 Å². The Bertz CT molecular complexity index is 720. The summed E-state index contributed by atoms with van der Waals surface area (Å²) < 4.78 is 18.3. The molecule has 0 fully saturated rings. The van der Waals surface area contributed by atoms with Crippen molar-refractivity contribution in [3.05, 3.63) is 66.0 Å². The van der Waals surface area contributed by atoms with Crippen molar-refractivity contribution in [2.45, 2.75) is 26.5 Å². The lowest BCUT2D eigenvalue weighted by molar-refractivity contribution is -0.119. The van der Waals surface area contributed by atoms with Crippen molar-refractivity contribution in [2.75, 3.05) is 5.32 Å². The van der Waals surface area contributed by atoms with Crippen LogP contribution in [0, 0.1) is 11.7 Å². The molecule has 6 heteroatoms. The minimum Gasteiger partial charge on any atom is -0.445 e. The molecule has 0 saturated carbocycles. The van der Waals surface area contributed by atoms with Crippen molar-refractivity contribution < 1.29 is 18.7 Å². The lowest BCUT2D eigenvalue weighted by Gasteiger charge is -2.21. The summed E-state index contributed by atoms with van der Waals surface area (Å²) in [7, 11) is 0. The van der Waals surface area contributed by atoms with Crippen LogP contribution in [0.4, 0.5) is 14.9 Å². The Morgan fingerprint density at radius 1 is 1.08 bits per heavy atom. The third-order valence-electron chi connectivity index (χ3n) is 3.53. The first-order valence-corrected chi connectivity index (χ1v) is 7.99. The Morgan fingerprint density at radius 3 is 2.44 bits per heavy atom. The Kier molecular flexibility index (Phi) is 6.51. The maximum absolute atomic E-state index is 13.2. The lowest BCUT2D eigenvalue weighted by Crippen LogP contribution is -2.47. The number of carbonyl (C=O) groups is 2. The van der Waals surface area contributed by atoms with Gasteiger partial charge in [-0.15, -0.1) is 0 Å². The van der Waals surface area contributed by atoms with Gasteiger partial charge in [0.2, 0.25) is 5.91 Å². The van der Waals surface area contributed by atoms with Crippen molar-refractivity contribution in [2.24, 2.45) is 5.92 Å². The van der Waals surface area contributed by atoms with E-state index in [1.165, 1.54) is 18.2 Å². The molecule has 25 heavy (non-hydrogen) atoms. The molecule has 0 unspecified atom stereocenters. The molecule has 2 aromatic carbocycles. The van der Waals surface area contributed by atoms with E-state index in [4.69, 9.17) is 4.74 Å². The fourth-order valence-electron chi connectivity index (χ4n) is 2.21. The van der Waals surface area contributed by atoms with Crippen LogP contribution in [0.25, 0.3) is 0 Å². The molecule has 0 bridgehead atoms. The van der Waals surface area contributed by atoms with E-state index < -0.39 is 23.9 Å². The Hall–Kier alpha value is -2.89. The summed E-state index contributed by atoms with van der Waals surface area (Å²) in [4.78, 5) is 24.3. The zero-order chi connectivity index (χ0) is 18.2. The van der Waals surface area contributed by atoms with E-state index in [-0.39, 0.29) is 12.5 Å². The summed E-state index contributed by atoms with van der Waals surface area (Å²) in [6.07, 6.45) is -0.683. The minimum atomic E-state index is -0.799. The SMILES string of the molecule is CC(C)[C@H](NC(=O)OCc1ccccc1)C(=O)Nc1cccc(F)c1. The predicted octanol–water partition coefficient (Wildman–Crippen LogP) is 3.72. The van der Waals surface area contributed by atoms with E-state index in [1.807, 2.05) is 30.3 Å². The molecule has 2 aromatic rings. The molecule has 0 aliphatic heterocycles. The molecule has 0 aliphatic rings. The fourth-order valence-corrected chi connectivity index (χ4v) is 2.21. The number of carbonyl (C=O) groups excluding carboxylic acids is 2. The van der Waals surface area contributed by atoms with Gasteiger partial charge in [0, 0.05) is 5.69 Å². The quantitative estimate of drug-likeness (QED) is 0.839. The number of nitrogens with one attached hydrogen (secondary N) is 2. The van der Waals surface area contributed by atoms with Crippen LogP contribution >= 0.6 is 0 Å². The van der Waals surface area contributed by atoms with Gasteiger partial charge in [0.1, 0.15) is 18.5 Å². The van der Waals surface area contributed by atoms with Crippen molar-refractivity contribution in [3.8, 4) is 0 Å². The number of anilines is 1. The van der Waals surface area contributed by atoms with Crippen LogP contribution in [0.5, 0.6) is 0 Å².